The van der Waals surface area contributed by atoms with Gasteiger partial charge in [-0.15, -0.1) is 11.8 Å². The molecule has 0 radical (unpaired) electrons. The second kappa shape index (κ2) is 7.17. The number of hydrogen-bond donors (Lipinski definition) is 2. The lowest BCUT2D eigenvalue weighted by Gasteiger charge is -2.21. The van der Waals surface area contributed by atoms with Gasteiger partial charge in [-0.1, -0.05) is 0 Å². The van der Waals surface area contributed by atoms with Crippen LogP contribution in [0.1, 0.15) is 18.4 Å². The molecule has 116 valence electrons. The highest BCUT2D eigenvalue weighted by molar-refractivity contribution is 8.00. The first-order valence-corrected chi connectivity index (χ1v) is 7.79. The van der Waals surface area contributed by atoms with Gasteiger partial charge in [-0.05, 0) is 50.2 Å². The van der Waals surface area contributed by atoms with E-state index in [1.807, 2.05) is 0 Å². The first-order valence-electron chi connectivity index (χ1n) is 6.74. The number of alkyl halides is 3. The Balaban J connectivity index is 1.79. The van der Waals surface area contributed by atoms with Crippen molar-refractivity contribution in [3.63, 3.8) is 0 Å². The fraction of sp³-hybridized carbons (Fsp3) is 0.500. The fourth-order valence-electron chi connectivity index (χ4n) is 2.10. The van der Waals surface area contributed by atoms with E-state index in [0.29, 0.717) is 16.7 Å². The average Bonchev–Trinajstić information content (AvgIpc) is 2.46. The van der Waals surface area contributed by atoms with Crippen molar-refractivity contribution in [3.8, 4) is 0 Å². The lowest BCUT2D eigenvalue weighted by Crippen LogP contribution is -2.30. The predicted octanol–water partition coefficient (Wildman–Crippen LogP) is 3.13. The van der Waals surface area contributed by atoms with Crippen molar-refractivity contribution in [3.05, 3.63) is 29.8 Å². The lowest BCUT2D eigenvalue weighted by atomic mass is 10.2. The lowest BCUT2D eigenvalue weighted by molar-refractivity contribution is -0.137. The van der Waals surface area contributed by atoms with Crippen LogP contribution in [0.15, 0.2) is 24.3 Å². The maximum Gasteiger partial charge on any atom is 0.416 e. The Hall–Kier alpha value is -1.21. The van der Waals surface area contributed by atoms with Crippen LogP contribution in [0.4, 0.5) is 18.9 Å². The van der Waals surface area contributed by atoms with Crippen molar-refractivity contribution >= 4 is 23.4 Å². The molecule has 2 rings (SSSR count). The summed E-state index contributed by atoms with van der Waals surface area (Å²) in [6.45, 7) is 1.94. The molecule has 0 atom stereocenters. The summed E-state index contributed by atoms with van der Waals surface area (Å²) in [6, 6.07) is 4.48. The first-order chi connectivity index (χ1) is 9.95. The molecule has 1 fully saturated rings. The van der Waals surface area contributed by atoms with Gasteiger partial charge in [0.2, 0.25) is 5.91 Å². The van der Waals surface area contributed by atoms with Gasteiger partial charge >= 0.3 is 6.18 Å². The summed E-state index contributed by atoms with van der Waals surface area (Å²) in [7, 11) is 0. The molecule has 7 heteroatoms. The zero-order chi connectivity index (χ0) is 15.3. The van der Waals surface area contributed by atoms with E-state index in [4.69, 9.17) is 0 Å². The van der Waals surface area contributed by atoms with Crippen LogP contribution in [-0.2, 0) is 11.0 Å². The predicted molar refractivity (Wildman–Crippen MR) is 78.4 cm³/mol. The normalized spacial score (nSPS) is 16.7. The largest absolute Gasteiger partial charge is 0.416 e. The number of rotatable bonds is 4. The number of amides is 1. The summed E-state index contributed by atoms with van der Waals surface area (Å²) in [6.07, 6.45) is -2.27. The SMILES string of the molecule is O=C(CSC1CCNCC1)Nc1ccc(C(F)(F)F)cc1. The van der Waals surface area contributed by atoms with Crippen molar-refractivity contribution in [1.29, 1.82) is 0 Å². The standard InChI is InChI=1S/C14H17F3N2OS/c15-14(16,17)10-1-3-11(4-2-10)19-13(20)9-21-12-5-7-18-8-6-12/h1-4,12,18H,5-9H2,(H,19,20). The molecule has 0 spiro atoms. The van der Waals surface area contributed by atoms with Gasteiger partial charge in [0.15, 0.2) is 0 Å². The molecule has 1 amide bonds. The summed E-state index contributed by atoms with van der Waals surface area (Å²) in [5.41, 5.74) is -0.330. The Bertz CT molecular complexity index is 470. The molecular weight excluding hydrogens is 301 g/mol. The highest BCUT2D eigenvalue weighted by Gasteiger charge is 2.30. The van der Waals surface area contributed by atoms with E-state index < -0.39 is 11.7 Å². The Morgan fingerprint density at radius 2 is 1.86 bits per heavy atom. The summed E-state index contributed by atoms with van der Waals surface area (Å²) in [5, 5.41) is 6.35. The van der Waals surface area contributed by atoms with Gasteiger partial charge in [-0.2, -0.15) is 13.2 Å². The van der Waals surface area contributed by atoms with Crippen LogP contribution in [0.5, 0.6) is 0 Å². The number of carbonyl (C=O) groups excluding carboxylic acids is 1. The molecular formula is C14H17F3N2OS. The van der Waals surface area contributed by atoms with Crippen LogP contribution < -0.4 is 10.6 Å². The molecule has 1 aromatic carbocycles. The molecule has 1 aromatic rings. The van der Waals surface area contributed by atoms with E-state index in [9.17, 15) is 18.0 Å². The number of piperidine rings is 1. The molecule has 0 saturated carbocycles. The molecule has 3 nitrogen and oxygen atoms in total. The van der Waals surface area contributed by atoms with Gasteiger partial charge in [0.1, 0.15) is 0 Å². The van der Waals surface area contributed by atoms with E-state index in [1.165, 1.54) is 12.1 Å². The minimum atomic E-state index is -4.35. The van der Waals surface area contributed by atoms with Crippen LogP contribution in [0.2, 0.25) is 0 Å². The Kier molecular flexibility index (Phi) is 5.52. The second-order valence-electron chi connectivity index (χ2n) is 4.88. The highest BCUT2D eigenvalue weighted by Crippen LogP contribution is 2.29. The number of carbonyl (C=O) groups is 1. The highest BCUT2D eigenvalue weighted by atomic mass is 32.2. The van der Waals surface area contributed by atoms with Crippen molar-refractivity contribution in [2.75, 3.05) is 24.2 Å². The number of halogens is 3. The van der Waals surface area contributed by atoms with Crippen LogP contribution in [0.3, 0.4) is 0 Å². The Labute approximate surface area is 125 Å². The Morgan fingerprint density at radius 3 is 2.43 bits per heavy atom. The van der Waals surface area contributed by atoms with Gasteiger partial charge in [0.05, 0.1) is 11.3 Å². The van der Waals surface area contributed by atoms with Crippen molar-refractivity contribution in [1.82, 2.24) is 5.32 Å². The van der Waals surface area contributed by atoms with E-state index in [2.05, 4.69) is 10.6 Å². The van der Waals surface area contributed by atoms with Crippen LogP contribution in [0, 0.1) is 0 Å². The quantitative estimate of drug-likeness (QED) is 0.896. The number of thioether (sulfide) groups is 1. The van der Waals surface area contributed by atoms with E-state index in [1.54, 1.807) is 11.8 Å². The molecule has 1 aliphatic rings. The molecule has 1 aliphatic heterocycles. The van der Waals surface area contributed by atoms with Gasteiger partial charge in [0.25, 0.3) is 0 Å². The van der Waals surface area contributed by atoms with Crippen LogP contribution in [-0.4, -0.2) is 30.0 Å². The van der Waals surface area contributed by atoms with E-state index in [-0.39, 0.29) is 5.91 Å². The van der Waals surface area contributed by atoms with Crippen molar-refractivity contribution in [2.24, 2.45) is 0 Å². The number of benzene rings is 1. The number of hydrogen-bond acceptors (Lipinski definition) is 3. The monoisotopic (exact) mass is 318 g/mol. The third-order valence-corrected chi connectivity index (χ3v) is 4.60. The van der Waals surface area contributed by atoms with Gasteiger partial charge < -0.3 is 10.6 Å². The molecule has 21 heavy (non-hydrogen) atoms. The maximum atomic E-state index is 12.4. The average molecular weight is 318 g/mol. The summed E-state index contributed by atoms with van der Waals surface area (Å²) in [5.74, 6) is 0.143. The molecule has 2 N–H and O–H groups in total. The third-order valence-electron chi connectivity index (χ3n) is 3.23. The zero-order valence-electron chi connectivity index (χ0n) is 11.4. The number of nitrogens with one attached hydrogen (secondary N) is 2. The topological polar surface area (TPSA) is 41.1 Å². The van der Waals surface area contributed by atoms with Gasteiger partial charge in [-0.3, -0.25) is 4.79 Å². The zero-order valence-corrected chi connectivity index (χ0v) is 12.2. The number of anilines is 1. The third kappa shape index (κ3) is 5.24. The molecule has 0 unspecified atom stereocenters. The summed E-state index contributed by atoms with van der Waals surface area (Å²) >= 11 is 1.60. The van der Waals surface area contributed by atoms with Crippen molar-refractivity contribution in [2.45, 2.75) is 24.3 Å². The second-order valence-corrected chi connectivity index (χ2v) is 6.17. The molecule has 0 aliphatic carbocycles. The molecule has 0 aromatic heterocycles. The van der Waals surface area contributed by atoms with E-state index in [0.717, 1.165) is 38.1 Å². The molecule has 0 bridgehead atoms. The van der Waals surface area contributed by atoms with Gasteiger partial charge in [0, 0.05) is 10.9 Å². The van der Waals surface area contributed by atoms with Crippen LogP contribution in [0.25, 0.3) is 0 Å². The summed E-state index contributed by atoms with van der Waals surface area (Å²) in [4.78, 5) is 11.8. The smallest absolute Gasteiger partial charge is 0.325 e. The van der Waals surface area contributed by atoms with Gasteiger partial charge in [-0.25, -0.2) is 0 Å². The molecule has 1 heterocycles. The summed E-state index contributed by atoms with van der Waals surface area (Å²) < 4.78 is 37.2. The van der Waals surface area contributed by atoms with Crippen LogP contribution >= 0.6 is 11.8 Å². The first kappa shape index (κ1) is 16.2. The molecule has 1 saturated heterocycles. The fourth-order valence-corrected chi connectivity index (χ4v) is 3.12. The minimum absolute atomic E-state index is 0.182. The maximum absolute atomic E-state index is 12.4. The van der Waals surface area contributed by atoms with E-state index >= 15 is 0 Å². The minimum Gasteiger partial charge on any atom is -0.325 e. The van der Waals surface area contributed by atoms with Crippen molar-refractivity contribution < 1.29 is 18.0 Å². The Morgan fingerprint density at radius 1 is 1.24 bits per heavy atom.